The van der Waals surface area contributed by atoms with Gasteiger partial charge in [0.15, 0.2) is 0 Å². The van der Waals surface area contributed by atoms with E-state index in [4.69, 9.17) is 10.5 Å². The highest BCUT2D eigenvalue weighted by molar-refractivity contribution is 5.37. The first-order chi connectivity index (χ1) is 9.65. The van der Waals surface area contributed by atoms with E-state index in [1.54, 1.807) is 7.11 Å². The summed E-state index contributed by atoms with van der Waals surface area (Å²) in [7, 11) is 1.72. The molecule has 1 aromatic carbocycles. The van der Waals surface area contributed by atoms with Crippen LogP contribution in [0.3, 0.4) is 0 Å². The van der Waals surface area contributed by atoms with Gasteiger partial charge < -0.3 is 10.5 Å². The Bertz CT molecular complexity index is 433. The predicted octanol–water partition coefficient (Wildman–Crippen LogP) is 3.13. The van der Waals surface area contributed by atoms with Crippen molar-refractivity contribution in [2.24, 2.45) is 11.7 Å². The van der Waals surface area contributed by atoms with Crippen molar-refractivity contribution in [3.05, 3.63) is 29.3 Å². The first-order valence-corrected chi connectivity index (χ1v) is 7.74. The van der Waals surface area contributed by atoms with Crippen LogP contribution in [0.25, 0.3) is 0 Å². The van der Waals surface area contributed by atoms with Crippen LogP contribution >= 0.6 is 0 Å². The number of hydrogen-bond donors (Lipinski definition) is 1. The fraction of sp³-hybridized carbons (Fsp3) is 0.647. The SMILES string of the molecule is COc1ccc(C(CN)N2CCCC(C)CC2)cc1C. The van der Waals surface area contributed by atoms with E-state index in [2.05, 4.69) is 36.9 Å². The number of nitrogens with zero attached hydrogens (tertiary/aromatic N) is 1. The Morgan fingerprint density at radius 1 is 1.35 bits per heavy atom. The number of methoxy groups -OCH3 is 1. The quantitative estimate of drug-likeness (QED) is 0.918. The molecule has 2 rings (SSSR count). The first kappa shape index (κ1) is 15.3. The van der Waals surface area contributed by atoms with Gasteiger partial charge in [0.1, 0.15) is 5.75 Å². The molecule has 1 aliphatic rings. The van der Waals surface area contributed by atoms with Gasteiger partial charge in [0, 0.05) is 12.6 Å². The Morgan fingerprint density at radius 2 is 2.15 bits per heavy atom. The molecule has 0 amide bonds. The van der Waals surface area contributed by atoms with Gasteiger partial charge in [-0.05, 0) is 62.4 Å². The summed E-state index contributed by atoms with van der Waals surface area (Å²) in [6.07, 6.45) is 3.91. The normalized spacial score (nSPS) is 22.3. The van der Waals surface area contributed by atoms with Crippen molar-refractivity contribution < 1.29 is 4.74 Å². The lowest BCUT2D eigenvalue weighted by Crippen LogP contribution is -2.34. The van der Waals surface area contributed by atoms with E-state index < -0.39 is 0 Å². The molecule has 1 aliphatic heterocycles. The second-order valence-corrected chi connectivity index (χ2v) is 6.05. The molecule has 1 heterocycles. The van der Waals surface area contributed by atoms with Gasteiger partial charge in [-0.3, -0.25) is 4.90 Å². The maximum Gasteiger partial charge on any atom is 0.121 e. The molecule has 0 aliphatic carbocycles. The molecule has 2 unspecified atom stereocenters. The zero-order valence-electron chi connectivity index (χ0n) is 13.1. The summed E-state index contributed by atoms with van der Waals surface area (Å²) in [6.45, 7) is 7.46. The van der Waals surface area contributed by atoms with E-state index in [9.17, 15) is 0 Å². The van der Waals surface area contributed by atoms with E-state index >= 15 is 0 Å². The summed E-state index contributed by atoms with van der Waals surface area (Å²) in [6, 6.07) is 6.79. The number of aryl methyl sites for hydroxylation is 1. The fourth-order valence-electron chi connectivity index (χ4n) is 3.20. The average Bonchev–Trinajstić information content (AvgIpc) is 2.65. The number of benzene rings is 1. The van der Waals surface area contributed by atoms with Crippen molar-refractivity contribution in [3.8, 4) is 5.75 Å². The van der Waals surface area contributed by atoms with Crippen LogP contribution in [0, 0.1) is 12.8 Å². The van der Waals surface area contributed by atoms with Gasteiger partial charge in [0.05, 0.1) is 7.11 Å². The van der Waals surface area contributed by atoms with Crippen molar-refractivity contribution in [1.29, 1.82) is 0 Å². The summed E-state index contributed by atoms with van der Waals surface area (Å²) in [4.78, 5) is 2.56. The van der Waals surface area contributed by atoms with Crippen molar-refractivity contribution in [2.45, 2.75) is 39.2 Å². The third kappa shape index (κ3) is 3.53. The molecule has 1 saturated heterocycles. The lowest BCUT2D eigenvalue weighted by atomic mass is 10.0. The highest BCUT2D eigenvalue weighted by atomic mass is 16.5. The Kier molecular flexibility index (Phi) is 5.44. The number of likely N-dealkylation sites (tertiary alicyclic amines) is 1. The summed E-state index contributed by atoms with van der Waals surface area (Å²) < 4.78 is 5.35. The van der Waals surface area contributed by atoms with Crippen LogP contribution in [0.5, 0.6) is 5.75 Å². The van der Waals surface area contributed by atoms with Crippen molar-refractivity contribution in [3.63, 3.8) is 0 Å². The second kappa shape index (κ2) is 7.09. The van der Waals surface area contributed by atoms with Crippen molar-refractivity contribution in [2.75, 3.05) is 26.7 Å². The molecule has 2 N–H and O–H groups in total. The summed E-state index contributed by atoms with van der Waals surface area (Å²) in [5, 5.41) is 0. The molecule has 1 fully saturated rings. The Morgan fingerprint density at radius 3 is 2.80 bits per heavy atom. The molecule has 0 spiro atoms. The smallest absolute Gasteiger partial charge is 0.121 e. The molecule has 0 saturated carbocycles. The minimum absolute atomic E-state index is 0.338. The molecule has 0 radical (unpaired) electrons. The molecule has 3 nitrogen and oxygen atoms in total. The van der Waals surface area contributed by atoms with E-state index in [1.165, 1.54) is 30.4 Å². The van der Waals surface area contributed by atoms with Gasteiger partial charge in [0.2, 0.25) is 0 Å². The molecule has 1 aromatic rings. The number of ether oxygens (including phenoxy) is 1. The van der Waals surface area contributed by atoms with Gasteiger partial charge in [-0.1, -0.05) is 19.1 Å². The Balaban J connectivity index is 2.16. The van der Waals surface area contributed by atoms with E-state index in [1.807, 2.05) is 0 Å². The van der Waals surface area contributed by atoms with E-state index in [-0.39, 0.29) is 0 Å². The lowest BCUT2D eigenvalue weighted by molar-refractivity contribution is 0.207. The fourth-order valence-corrected chi connectivity index (χ4v) is 3.20. The maximum atomic E-state index is 6.07. The van der Waals surface area contributed by atoms with Crippen molar-refractivity contribution in [1.82, 2.24) is 4.90 Å². The predicted molar refractivity (Wildman–Crippen MR) is 84.1 cm³/mol. The third-order valence-corrected chi connectivity index (χ3v) is 4.52. The molecular formula is C17H28N2O. The minimum Gasteiger partial charge on any atom is -0.496 e. The molecule has 0 aromatic heterocycles. The van der Waals surface area contributed by atoms with Crippen LogP contribution in [0.4, 0.5) is 0 Å². The number of hydrogen-bond acceptors (Lipinski definition) is 3. The Hall–Kier alpha value is -1.06. The number of rotatable bonds is 4. The highest BCUT2D eigenvalue weighted by Crippen LogP contribution is 2.28. The molecule has 3 heteroatoms. The lowest BCUT2D eigenvalue weighted by Gasteiger charge is -2.30. The van der Waals surface area contributed by atoms with Gasteiger partial charge in [-0.25, -0.2) is 0 Å². The summed E-state index contributed by atoms with van der Waals surface area (Å²) >= 11 is 0. The zero-order valence-corrected chi connectivity index (χ0v) is 13.1. The summed E-state index contributed by atoms with van der Waals surface area (Å²) in [5.74, 6) is 1.80. The van der Waals surface area contributed by atoms with Crippen LogP contribution in [0.2, 0.25) is 0 Å². The molecule has 2 atom stereocenters. The van der Waals surface area contributed by atoms with Gasteiger partial charge in [0.25, 0.3) is 0 Å². The zero-order chi connectivity index (χ0) is 14.5. The van der Waals surface area contributed by atoms with Crippen molar-refractivity contribution >= 4 is 0 Å². The highest BCUT2D eigenvalue weighted by Gasteiger charge is 2.22. The van der Waals surface area contributed by atoms with E-state index in [0.717, 1.165) is 24.8 Å². The van der Waals surface area contributed by atoms with Gasteiger partial charge in [-0.15, -0.1) is 0 Å². The van der Waals surface area contributed by atoms with E-state index in [0.29, 0.717) is 12.6 Å². The molecule has 20 heavy (non-hydrogen) atoms. The molecule has 0 bridgehead atoms. The van der Waals surface area contributed by atoms with Gasteiger partial charge in [-0.2, -0.15) is 0 Å². The minimum atomic E-state index is 0.338. The maximum absolute atomic E-state index is 6.07. The van der Waals surface area contributed by atoms with Gasteiger partial charge >= 0.3 is 0 Å². The van der Waals surface area contributed by atoms with Crippen LogP contribution in [-0.4, -0.2) is 31.6 Å². The number of nitrogens with two attached hydrogens (primary N) is 1. The van der Waals surface area contributed by atoms with Crippen LogP contribution < -0.4 is 10.5 Å². The van der Waals surface area contributed by atoms with Crippen LogP contribution in [-0.2, 0) is 0 Å². The standard InChI is InChI=1S/C17H28N2O/c1-13-5-4-9-19(10-8-13)16(12-18)15-6-7-17(20-3)14(2)11-15/h6-7,11,13,16H,4-5,8-10,12,18H2,1-3H3. The largest absolute Gasteiger partial charge is 0.496 e. The first-order valence-electron chi connectivity index (χ1n) is 7.74. The summed E-state index contributed by atoms with van der Waals surface area (Å²) in [5.41, 5.74) is 8.58. The third-order valence-electron chi connectivity index (χ3n) is 4.52. The monoisotopic (exact) mass is 276 g/mol. The Labute approximate surface area is 123 Å². The topological polar surface area (TPSA) is 38.5 Å². The second-order valence-electron chi connectivity index (χ2n) is 6.05. The van der Waals surface area contributed by atoms with Crippen LogP contribution in [0.15, 0.2) is 18.2 Å². The molecular weight excluding hydrogens is 248 g/mol. The van der Waals surface area contributed by atoms with Crippen LogP contribution in [0.1, 0.15) is 43.4 Å². The average molecular weight is 276 g/mol. The molecule has 112 valence electrons.